The molecular formula is C47H77NO17. The van der Waals surface area contributed by atoms with Crippen molar-refractivity contribution in [1.82, 2.24) is 5.32 Å². The van der Waals surface area contributed by atoms with Crippen LogP contribution in [0.4, 0.5) is 0 Å². The van der Waals surface area contributed by atoms with E-state index in [1.54, 1.807) is 0 Å². The number of aliphatic hydroxyl groups is 8. The number of carbonyl (C=O) groups excluding carboxylic acids is 1. The Morgan fingerprint density at radius 3 is 2.12 bits per heavy atom. The van der Waals surface area contributed by atoms with Gasteiger partial charge < -0.3 is 84.1 Å². The van der Waals surface area contributed by atoms with Gasteiger partial charge in [-0.15, -0.1) is 0 Å². The molecule has 18 heteroatoms. The van der Waals surface area contributed by atoms with Gasteiger partial charge in [0.1, 0.15) is 67.1 Å². The highest BCUT2D eigenvalue weighted by molar-refractivity contribution is 5.73. The summed E-state index contributed by atoms with van der Waals surface area (Å²) in [6.45, 7) is 12.1. The summed E-state index contributed by atoms with van der Waals surface area (Å²) in [4.78, 5) is 12.7. The van der Waals surface area contributed by atoms with Crippen LogP contribution in [0, 0.1) is 52.3 Å². The first kappa shape index (κ1) is 48.8. The number of aliphatic hydroxyl groups excluding tert-OH is 8. The molecule has 65 heavy (non-hydrogen) atoms. The molecule has 9 N–H and O–H groups in total. The minimum absolute atomic E-state index is 0.110. The van der Waals surface area contributed by atoms with Crippen molar-refractivity contribution in [3.63, 3.8) is 0 Å². The van der Waals surface area contributed by atoms with E-state index in [1.165, 1.54) is 26.7 Å². The van der Waals surface area contributed by atoms with Crippen LogP contribution in [0.3, 0.4) is 0 Å². The molecule has 27 atom stereocenters. The Morgan fingerprint density at radius 2 is 1.42 bits per heavy atom. The molecule has 0 unspecified atom stereocenters. The molecule has 5 aliphatic heterocycles. The van der Waals surface area contributed by atoms with Crippen molar-refractivity contribution in [3.8, 4) is 0 Å². The molecule has 9 rings (SSSR count). The predicted molar refractivity (Wildman–Crippen MR) is 226 cm³/mol. The van der Waals surface area contributed by atoms with E-state index in [9.17, 15) is 45.6 Å². The fraction of sp³-hybridized carbons (Fsp3) is 0.979. The summed E-state index contributed by atoms with van der Waals surface area (Å²) in [5.74, 6) is 2.71. The van der Waals surface area contributed by atoms with Crippen LogP contribution in [0.2, 0.25) is 0 Å². The molecule has 18 nitrogen and oxygen atoms in total. The van der Waals surface area contributed by atoms with Crippen molar-refractivity contribution in [1.29, 1.82) is 0 Å². The average molecular weight is 928 g/mol. The van der Waals surface area contributed by atoms with Crippen molar-refractivity contribution < 1.29 is 83.5 Å². The van der Waals surface area contributed by atoms with Crippen LogP contribution >= 0.6 is 0 Å². The predicted octanol–water partition coefficient (Wildman–Crippen LogP) is 0.438. The molecular weight excluding hydrogens is 851 g/mol. The molecule has 1 amide bonds. The van der Waals surface area contributed by atoms with E-state index in [4.69, 9.17) is 37.9 Å². The maximum Gasteiger partial charge on any atom is 0.217 e. The van der Waals surface area contributed by atoms with Gasteiger partial charge >= 0.3 is 0 Å². The van der Waals surface area contributed by atoms with E-state index in [1.807, 2.05) is 0 Å². The highest BCUT2D eigenvalue weighted by atomic mass is 16.8. The topological polar surface area (TPSA) is 265 Å². The normalized spacial score (nSPS) is 56.6. The average Bonchev–Trinajstić information content (AvgIpc) is 3.72. The van der Waals surface area contributed by atoms with Gasteiger partial charge in [0, 0.05) is 19.3 Å². The zero-order chi connectivity index (χ0) is 46.5. The summed E-state index contributed by atoms with van der Waals surface area (Å²) < 4.78 is 50.2. The van der Waals surface area contributed by atoms with Crippen LogP contribution < -0.4 is 5.32 Å². The van der Waals surface area contributed by atoms with E-state index in [-0.39, 0.29) is 23.0 Å². The Kier molecular flexibility index (Phi) is 13.9. The van der Waals surface area contributed by atoms with Crippen LogP contribution in [0.25, 0.3) is 0 Å². The Labute approximate surface area is 381 Å². The third-order valence-corrected chi connectivity index (χ3v) is 18.6. The van der Waals surface area contributed by atoms with Crippen molar-refractivity contribution in [2.45, 2.75) is 216 Å². The fourth-order valence-corrected chi connectivity index (χ4v) is 15.0. The number of hydrogen-bond donors (Lipinski definition) is 9. The van der Waals surface area contributed by atoms with Crippen LogP contribution in [-0.4, -0.2) is 177 Å². The second kappa shape index (κ2) is 18.5. The largest absolute Gasteiger partial charge is 0.394 e. The van der Waals surface area contributed by atoms with Crippen LogP contribution in [-0.2, 0) is 42.7 Å². The molecule has 1 spiro atoms. The summed E-state index contributed by atoms with van der Waals surface area (Å²) in [5.41, 5.74) is 0.326. The van der Waals surface area contributed by atoms with Crippen LogP contribution in [0.5, 0.6) is 0 Å². The Morgan fingerprint density at radius 1 is 0.708 bits per heavy atom. The first-order valence-electron chi connectivity index (χ1n) is 24.6. The van der Waals surface area contributed by atoms with Gasteiger partial charge in [0.25, 0.3) is 0 Å². The van der Waals surface area contributed by atoms with Crippen LogP contribution in [0.1, 0.15) is 106 Å². The first-order valence-corrected chi connectivity index (χ1v) is 24.6. The first-order chi connectivity index (χ1) is 30.8. The Bertz CT molecular complexity index is 1670. The zero-order valence-corrected chi connectivity index (χ0v) is 38.8. The molecule has 0 bridgehead atoms. The van der Waals surface area contributed by atoms with Gasteiger partial charge in [-0.1, -0.05) is 27.7 Å². The van der Waals surface area contributed by atoms with E-state index >= 15 is 0 Å². The molecule has 372 valence electrons. The maximum absolute atomic E-state index is 12.7. The second-order valence-corrected chi connectivity index (χ2v) is 22.3. The lowest BCUT2D eigenvalue weighted by atomic mass is 9.44. The Balaban J connectivity index is 0.900. The SMILES string of the molecule is CC(=O)N[C@H]1[C@H](O[C@H]2CC[C@@]3(C)[C@@H](CC[C@@H]4[C@@H]3CC[C@]3(C)[C@@H]5[C@H](C[C@@H]43)O[C@]3(CC[C@@H](C)CO3)[C@H]5C)C2)O[C@H](CO[C@@H]2O[C@H](CO)[C@H](O)[C@H](O)[C@H]2O)[C@@H](O[C@@H]2O[C@@H](C)[C@H](O)[C@@H](O)[C@H]2O)[C@@H]1O. The van der Waals surface area contributed by atoms with Crippen molar-refractivity contribution >= 4 is 5.91 Å². The smallest absolute Gasteiger partial charge is 0.217 e. The van der Waals surface area contributed by atoms with Crippen molar-refractivity contribution in [3.05, 3.63) is 0 Å². The lowest BCUT2D eigenvalue weighted by Gasteiger charge is -2.61. The summed E-state index contributed by atoms with van der Waals surface area (Å²) >= 11 is 0. The van der Waals surface area contributed by atoms with Gasteiger partial charge in [-0.2, -0.15) is 0 Å². The molecule has 5 saturated heterocycles. The number of nitrogens with one attached hydrogen (secondary N) is 1. The minimum Gasteiger partial charge on any atom is -0.394 e. The molecule has 0 aromatic carbocycles. The lowest BCUT2D eigenvalue weighted by Crippen LogP contribution is -2.68. The number of amides is 1. The zero-order valence-electron chi connectivity index (χ0n) is 38.8. The maximum atomic E-state index is 12.7. The number of ether oxygens (including phenoxy) is 8. The molecule has 0 aromatic heterocycles. The third kappa shape index (κ3) is 8.45. The molecule has 0 radical (unpaired) electrons. The van der Waals surface area contributed by atoms with Crippen LogP contribution in [0.15, 0.2) is 0 Å². The summed E-state index contributed by atoms with van der Waals surface area (Å²) in [7, 11) is 0. The van der Waals surface area contributed by atoms with Gasteiger partial charge in [-0.05, 0) is 111 Å². The number of fused-ring (bicyclic) bond motifs is 7. The van der Waals surface area contributed by atoms with Gasteiger partial charge in [0.2, 0.25) is 5.91 Å². The second-order valence-electron chi connectivity index (χ2n) is 22.3. The minimum atomic E-state index is -1.74. The standard InChI is InChI=1S/C47H77NO17/c1-20-9-14-47(59-18-20)21(2)32-29(65-47)16-28-26-8-7-24-15-25(10-12-45(24,5)27(26)11-13-46(28,32)6)61-42-33(48-23(4)50)36(53)41(64-44-40(57)37(54)34(51)22(3)60-44)31(63-42)19-58-43-39(56)38(55)35(52)30(17-49)62-43/h20-22,24-44,49,51-57H,7-19H2,1-6H3,(H,48,50)/t20-,21+,22+,24+,25+,26-,27+,28+,29+,30-,31-,32+,33-,34+,35+,36-,37-,38+,39-,40-,41-,42-,43-,44+,45+,46+,47-/m1/s1. The number of hydrogen-bond acceptors (Lipinski definition) is 17. The van der Waals surface area contributed by atoms with E-state index in [0.717, 1.165) is 58.0 Å². The molecule has 5 heterocycles. The van der Waals surface area contributed by atoms with Gasteiger partial charge in [0.15, 0.2) is 24.7 Å². The Hall–Kier alpha value is -1.17. The summed E-state index contributed by atoms with van der Waals surface area (Å²) in [6.07, 6.45) is -10.5. The summed E-state index contributed by atoms with van der Waals surface area (Å²) in [5, 5.41) is 88.0. The van der Waals surface area contributed by atoms with E-state index in [0.29, 0.717) is 41.4 Å². The molecule has 0 aromatic rings. The molecule has 4 saturated carbocycles. The van der Waals surface area contributed by atoms with Gasteiger partial charge in [-0.25, -0.2) is 0 Å². The van der Waals surface area contributed by atoms with Gasteiger partial charge in [0.05, 0.1) is 38.1 Å². The third-order valence-electron chi connectivity index (χ3n) is 18.6. The number of rotatable bonds is 9. The van der Waals surface area contributed by atoms with Crippen molar-refractivity contribution in [2.75, 3.05) is 19.8 Å². The quantitative estimate of drug-likeness (QED) is 0.142. The van der Waals surface area contributed by atoms with Gasteiger partial charge in [-0.3, -0.25) is 4.79 Å². The highest BCUT2D eigenvalue weighted by Gasteiger charge is 2.69. The monoisotopic (exact) mass is 928 g/mol. The molecule has 9 fully saturated rings. The highest BCUT2D eigenvalue weighted by Crippen LogP contribution is 2.71. The van der Waals surface area contributed by atoms with E-state index in [2.05, 4.69) is 33.0 Å². The molecule has 9 aliphatic rings. The molecule has 4 aliphatic carbocycles. The summed E-state index contributed by atoms with van der Waals surface area (Å²) in [6, 6.07) is -1.18. The van der Waals surface area contributed by atoms with Crippen molar-refractivity contribution in [2.24, 2.45) is 52.3 Å². The lowest BCUT2D eigenvalue weighted by molar-refractivity contribution is -0.358. The van der Waals surface area contributed by atoms with E-state index < -0.39 is 117 Å². The fourth-order valence-electron chi connectivity index (χ4n) is 15.0. The number of carbonyl (C=O) groups is 1.